The fourth-order valence-electron chi connectivity index (χ4n) is 1.92. The van der Waals surface area contributed by atoms with E-state index in [1.165, 1.54) is 70.8 Å². The summed E-state index contributed by atoms with van der Waals surface area (Å²) in [5, 5.41) is 7.57. The third-order valence-corrected chi connectivity index (χ3v) is 2.96. The number of rotatable bonds is 11. The normalized spacial score (nSPS) is 9.79. The maximum Gasteiger partial charge on any atom is 0.0402 e. The fraction of sp³-hybridized carbons (Fsp3) is 1.00. The van der Waals surface area contributed by atoms with Gasteiger partial charge in [-0.2, -0.15) is 0 Å². The van der Waals surface area contributed by atoms with Gasteiger partial charge < -0.3 is 10.0 Å². The van der Waals surface area contributed by atoms with Gasteiger partial charge in [0.1, 0.15) is 0 Å². The Labute approximate surface area is 128 Å². The van der Waals surface area contributed by atoms with Crippen LogP contribution in [0, 0.1) is 0 Å². The maximum absolute atomic E-state index is 7.57. The lowest BCUT2D eigenvalue weighted by atomic mass is 10.1. The molecule has 0 radical (unpaired) electrons. The predicted octanol–water partition coefficient (Wildman–Crippen LogP) is 4.89. The molecule has 0 rings (SSSR count). The van der Waals surface area contributed by atoms with Crippen LogP contribution in [0.5, 0.6) is 0 Å². The van der Waals surface area contributed by atoms with Crippen molar-refractivity contribution in [2.45, 2.75) is 78.1 Å². The molecule has 0 aliphatic carbocycles. The van der Waals surface area contributed by atoms with Crippen molar-refractivity contribution in [2.75, 3.05) is 27.2 Å². The molecule has 0 atom stereocenters. The summed E-state index contributed by atoms with van der Waals surface area (Å²) < 4.78 is 0. The summed E-state index contributed by atoms with van der Waals surface area (Å²) in [7, 11) is 4.32. The van der Waals surface area contributed by atoms with Gasteiger partial charge in [0, 0.05) is 6.61 Å². The standard InChI is InChI=1S/C14H31N.C2H6O.ClH/c1-4-5-6-7-8-9-10-11-12-13-14-15(2)3;1-2-3;/h4-14H2,1-3H3;3H,2H2,1H3;1H. The molecule has 0 aromatic heterocycles. The first-order valence-corrected chi connectivity index (χ1v) is 7.94. The predicted molar refractivity (Wildman–Crippen MR) is 90.4 cm³/mol. The maximum atomic E-state index is 7.57. The Morgan fingerprint density at radius 1 is 0.684 bits per heavy atom. The minimum atomic E-state index is 0. The number of halogens is 1. The number of hydrogen-bond donors (Lipinski definition) is 1. The van der Waals surface area contributed by atoms with Gasteiger partial charge in [0.2, 0.25) is 0 Å². The summed E-state index contributed by atoms with van der Waals surface area (Å²) >= 11 is 0. The number of hydrogen-bond acceptors (Lipinski definition) is 2. The summed E-state index contributed by atoms with van der Waals surface area (Å²) in [6.45, 7) is 5.47. The Kier molecular flexibility index (Phi) is 29.7. The Balaban J connectivity index is -0.000000580. The minimum Gasteiger partial charge on any atom is -0.397 e. The van der Waals surface area contributed by atoms with E-state index in [9.17, 15) is 0 Å². The number of nitrogens with zero attached hydrogens (tertiary/aromatic N) is 1. The molecule has 0 aliphatic rings. The zero-order valence-electron chi connectivity index (χ0n) is 13.8. The molecule has 0 bridgehead atoms. The van der Waals surface area contributed by atoms with Crippen LogP contribution in [-0.2, 0) is 0 Å². The summed E-state index contributed by atoms with van der Waals surface area (Å²) in [6.07, 6.45) is 14.4. The molecule has 0 aliphatic heterocycles. The Hall–Kier alpha value is 0.210. The van der Waals surface area contributed by atoms with Crippen molar-refractivity contribution >= 4 is 12.4 Å². The van der Waals surface area contributed by atoms with Crippen molar-refractivity contribution in [3.8, 4) is 0 Å². The molecule has 0 spiro atoms. The third kappa shape index (κ3) is 32.1. The van der Waals surface area contributed by atoms with Crippen LogP contribution in [0.4, 0.5) is 0 Å². The number of aliphatic hydroxyl groups excluding tert-OH is 1. The molecule has 3 heteroatoms. The molecule has 0 aromatic carbocycles. The van der Waals surface area contributed by atoms with Crippen LogP contribution >= 0.6 is 12.4 Å². The zero-order chi connectivity index (χ0) is 14.1. The average Bonchev–Trinajstić information content (AvgIpc) is 2.32. The Morgan fingerprint density at radius 2 is 1.00 bits per heavy atom. The lowest BCUT2D eigenvalue weighted by molar-refractivity contribution is 0.318. The smallest absolute Gasteiger partial charge is 0.0402 e. The quantitative estimate of drug-likeness (QED) is 0.549. The van der Waals surface area contributed by atoms with Gasteiger partial charge in [-0.15, -0.1) is 12.4 Å². The number of unbranched alkanes of at least 4 members (excludes halogenated alkanes) is 9. The average molecular weight is 296 g/mol. The van der Waals surface area contributed by atoms with Gasteiger partial charge in [-0.3, -0.25) is 0 Å². The van der Waals surface area contributed by atoms with Gasteiger partial charge in [-0.25, -0.2) is 0 Å². The molecule has 0 heterocycles. The lowest BCUT2D eigenvalue weighted by Crippen LogP contribution is -2.12. The van der Waals surface area contributed by atoms with Crippen molar-refractivity contribution < 1.29 is 5.11 Å². The van der Waals surface area contributed by atoms with E-state index in [0.29, 0.717) is 0 Å². The summed E-state index contributed by atoms with van der Waals surface area (Å²) in [4.78, 5) is 2.28. The second kappa shape index (κ2) is 23.3. The molecule has 19 heavy (non-hydrogen) atoms. The molecule has 0 amide bonds. The minimum absolute atomic E-state index is 0. The fourth-order valence-corrected chi connectivity index (χ4v) is 1.92. The molecule has 1 N–H and O–H groups in total. The van der Waals surface area contributed by atoms with Gasteiger partial charge in [0.25, 0.3) is 0 Å². The van der Waals surface area contributed by atoms with E-state index < -0.39 is 0 Å². The molecule has 0 saturated carbocycles. The lowest BCUT2D eigenvalue weighted by Gasteiger charge is -2.08. The second-order valence-electron chi connectivity index (χ2n) is 5.30. The van der Waals surface area contributed by atoms with E-state index in [2.05, 4.69) is 25.9 Å². The number of aliphatic hydroxyl groups is 1. The van der Waals surface area contributed by atoms with E-state index in [0.717, 1.165) is 0 Å². The van der Waals surface area contributed by atoms with Gasteiger partial charge in [0.15, 0.2) is 0 Å². The highest BCUT2D eigenvalue weighted by atomic mass is 35.5. The summed E-state index contributed by atoms with van der Waals surface area (Å²) in [5.41, 5.74) is 0. The van der Waals surface area contributed by atoms with Crippen LogP contribution in [0.3, 0.4) is 0 Å². The van der Waals surface area contributed by atoms with E-state index in [-0.39, 0.29) is 19.0 Å². The molecule has 0 aromatic rings. The SMILES string of the molecule is CCCCCCCCCCCCN(C)C.CCO.Cl. The Bertz CT molecular complexity index is 132. The molecule has 120 valence electrons. The van der Waals surface area contributed by atoms with Crippen molar-refractivity contribution in [3.63, 3.8) is 0 Å². The molecule has 0 unspecified atom stereocenters. The van der Waals surface area contributed by atoms with Gasteiger partial charge in [0.05, 0.1) is 0 Å². The molecule has 0 saturated heterocycles. The molecule has 2 nitrogen and oxygen atoms in total. The molecular formula is C16H38ClNO. The van der Waals surface area contributed by atoms with E-state index in [1.807, 2.05) is 0 Å². The first kappa shape index (κ1) is 24.2. The first-order chi connectivity index (χ1) is 8.68. The van der Waals surface area contributed by atoms with E-state index in [4.69, 9.17) is 5.11 Å². The van der Waals surface area contributed by atoms with E-state index in [1.54, 1.807) is 6.92 Å². The highest BCUT2D eigenvalue weighted by Crippen LogP contribution is 2.10. The molecule has 0 fully saturated rings. The van der Waals surface area contributed by atoms with Gasteiger partial charge >= 0.3 is 0 Å². The van der Waals surface area contributed by atoms with Crippen molar-refractivity contribution in [1.29, 1.82) is 0 Å². The van der Waals surface area contributed by atoms with Crippen LogP contribution in [-0.4, -0.2) is 37.3 Å². The second-order valence-corrected chi connectivity index (χ2v) is 5.30. The zero-order valence-corrected chi connectivity index (χ0v) is 14.6. The monoisotopic (exact) mass is 295 g/mol. The van der Waals surface area contributed by atoms with Crippen LogP contribution in [0.25, 0.3) is 0 Å². The summed E-state index contributed by atoms with van der Waals surface area (Å²) in [6, 6.07) is 0. The first-order valence-electron chi connectivity index (χ1n) is 7.94. The summed E-state index contributed by atoms with van der Waals surface area (Å²) in [5.74, 6) is 0. The van der Waals surface area contributed by atoms with Crippen molar-refractivity contribution in [3.05, 3.63) is 0 Å². The highest BCUT2D eigenvalue weighted by molar-refractivity contribution is 5.85. The highest BCUT2D eigenvalue weighted by Gasteiger charge is 1.93. The van der Waals surface area contributed by atoms with Crippen LogP contribution in [0.2, 0.25) is 0 Å². The van der Waals surface area contributed by atoms with Crippen LogP contribution < -0.4 is 0 Å². The van der Waals surface area contributed by atoms with Gasteiger partial charge in [-0.05, 0) is 34.0 Å². The van der Waals surface area contributed by atoms with Crippen molar-refractivity contribution in [1.82, 2.24) is 4.90 Å². The van der Waals surface area contributed by atoms with Crippen LogP contribution in [0.1, 0.15) is 78.1 Å². The third-order valence-electron chi connectivity index (χ3n) is 2.96. The topological polar surface area (TPSA) is 23.5 Å². The Morgan fingerprint density at radius 3 is 1.32 bits per heavy atom. The van der Waals surface area contributed by atoms with Gasteiger partial charge in [-0.1, -0.05) is 64.7 Å². The largest absolute Gasteiger partial charge is 0.397 e. The van der Waals surface area contributed by atoms with E-state index >= 15 is 0 Å². The van der Waals surface area contributed by atoms with Crippen molar-refractivity contribution in [2.24, 2.45) is 0 Å². The van der Waals surface area contributed by atoms with Crippen LogP contribution in [0.15, 0.2) is 0 Å². The molecular weight excluding hydrogens is 258 g/mol.